The van der Waals surface area contributed by atoms with Crippen molar-refractivity contribution in [2.75, 3.05) is 13.2 Å². The van der Waals surface area contributed by atoms with Crippen LogP contribution in [-0.2, 0) is 24.2 Å². The quantitative estimate of drug-likeness (QED) is 0.163. The lowest BCUT2D eigenvalue weighted by atomic mass is 9.43. The summed E-state index contributed by atoms with van der Waals surface area (Å²) in [4.78, 5) is 25.1. The van der Waals surface area contributed by atoms with Gasteiger partial charge >= 0.3 is 16.9 Å². The van der Waals surface area contributed by atoms with Crippen molar-refractivity contribution in [2.45, 2.75) is 120 Å². The van der Waals surface area contributed by atoms with Crippen molar-refractivity contribution in [2.24, 2.45) is 46.3 Å². The summed E-state index contributed by atoms with van der Waals surface area (Å²) in [6, 6.07) is 6.37. The number of nitrogens with zero attached hydrogens (tertiary/aromatic N) is 2. The molecule has 0 bridgehead atoms. The standard InChI is InChI=1S/C37H53N3O10S/c1-22(27-11-12-28-32-29(15-17-37(27,28)4)36(3)16-14-25(41)20-24(36)21-30(32)42)10-13-31(43)38-23(2)35(44)49-19-18-48-33-34(40(45)50-39-33)51(46,47)26-8-6-5-7-9-26/h5-9,22-25,27-30,32,41-42H,10-21H2,1-4H3,(H,38,43)/t22-,23+,24+,25-,27-,28+,29+,30+,32?,36+,37-/m1/s1. The van der Waals surface area contributed by atoms with Gasteiger partial charge in [0.25, 0.3) is 9.84 Å². The monoisotopic (exact) mass is 731 g/mol. The molecule has 13 nitrogen and oxygen atoms in total. The number of rotatable bonds is 12. The number of aromatic nitrogens is 2. The molecule has 6 rings (SSSR count). The first kappa shape index (κ1) is 37.5. The van der Waals surface area contributed by atoms with Crippen molar-refractivity contribution in [3.8, 4) is 5.88 Å². The zero-order chi connectivity index (χ0) is 36.7. The topological polar surface area (TPSA) is 192 Å². The zero-order valence-electron chi connectivity index (χ0n) is 30.0. The number of carbonyl (C=O) groups excluding carboxylic acids is 2. The summed E-state index contributed by atoms with van der Waals surface area (Å²) in [6.45, 7) is 8.00. The Morgan fingerprint density at radius 1 is 1.04 bits per heavy atom. The molecule has 282 valence electrons. The molecule has 0 aliphatic heterocycles. The number of amides is 1. The molecule has 51 heavy (non-hydrogen) atoms. The highest BCUT2D eigenvalue weighted by molar-refractivity contribution is 7.91. The molecule has 14 heteroatoms. The second kappa shape index (κ2) is 14.7. The predicted molar refractivity (Wildman–Crippen MR) is 182 cm³/mol. The summed E-state index contributed by atoms with van der Waals surface area (Å²) in [5, 5.41) is 39.2. The SMILES string of the molecule is C[C@H](NC(=O)CC[C@@H](C)[C@H]1CC[C@H]2C3[C@@H](O)C[C@@H]4C[C@H](O)CC[C@]4(C)[C@H]3CC[C@]12C)C(=O)OCCOc1no[n+]([O-])c1S(=O)(=O)c1ccccc1. The van der Waals surface area contributed by atoms with E-state index in [0.29, 0.717) is 41.9 Å². The average Bonchev–Trinajstić information content (AvgIpc) is 3.66. The molecule has 2 aromatic rings. The smallest absolute Gasteiger partial charge is 0.415 e. The van der Waals surface area contributed by atoms with Crippen LogP contribution in [0.25, 0.3) is 0 Å². The molecule has 4 saturated carbocycles. The number of carbonyl (C=O) groups is 2. The molecule has 0 saturated heterocycles. The number of hydrogen-bond acceptors (Lipinski definition) is 11. The van der Waals surface area contributed by atoms with E-state index in [4.69, 9.17) is 9.47 Å². The van der Waals surface area contributed by atoms with Gasteiger partial charge in [-0.15, -0.1) is 0 Å². The van der Waals surface area contributed by atoms with Gasteiger partial charge in [0.05, 0.1) is 22.3 Å². The number of hydrogen-bond donors (Lipinski definition) is 3. The Kier molecular flexibility index (Phi) is 10.8. The molecule has 1 unspecified atom stereocenters. The number of nitrogens with one attached hydrogen (secondary N) is 1. The maximum atomic E-state index is 12.9. The molecule has 0 spiro atoms. The minimum Gasteiger partial charge on any atom is -0.461 e. The van der Waals surface area contributed by atoms with Crippen LogP contribution in [0.5, 0.6) is 5.88 Å². The molecule has 4 fully saturated rings. The predicted octanol–water partition coefficient (Wildman–Crippen LogP) is 3.97. The van der Waals surface area contributed by atoms with E-state index in [1.54, 1.807) is 6.07 Å². The maximum absolute atomic E-state index is 12.9. The normalized spacial score (nSPS) is 34.4. The van der Waals surface area contributed by atoms with E-state index >= 15 is 0 Å². The highest BCUT2D eigenvalue weighted by atomic mass is 32.2. The van der Waals surface area contributed by atoms with Crippen molar-refractivity contribution >= 4 is 21.7 Å². The Balaban J connectivity index is 0.954. The summed E-state index contributed by atoms with van der Waals surface area (Å²) in [5.74, 6) is 0.893. The van der Waals surface area contributed by atoms with E-state index in [9.17, 15) is 33.4 Å². The van der Waals surface area contributed by atoms with Crippen LogP contribution in [0.2, 0.25) is 0 Å². The van der Waals surface area contributed by atoms with Crippen LogP contribution in [0.1, 0.15) is 91.9 Å². The van der Waals surface area contributed by atoms with Crippen LogP contribution in [0.4, 0.5) is 0 Å². The second-order valence-corrected chi connectivity index (χ2v) is 18.0. The average molecular weight is 732 g/mol. The van der Waals surface area contributed by atoms with Crippen molar-refractivity contribution < 1.29 is 47.2 Å². The van der Waals surface area contributed by atoms with E-state index < -0.39 is 32.8 Å². The second-order valence-electron chi connectivity index (χ2n) is 16.1. The summed E-state index contributed by atoms with van der Waals surface area (Å²) in [5.41, 5.74) is 0.297. The third-order valence-electron chi connectivity index (χ3n) is 13.4. The van der Waals surface area contributed by atoms with Gasteiger partial charge in [0.15, 0.2) is 0 Å². The molecule has 4 aliphatic rings. The Morgan fingerprint density at radius 3 is 2.49 bits per heavy atom. The van der Waals surface area contributed by atoms with Crippen LogP contribution in [0, 0.1) is 51.5 Å². The highest BCUT2D eigenvalue weighted by Gasteiger charge is 2.62. The van der Waals surface area contributed by atoms with Gasteiger partial charge < -0.3 is 30.2 Å². The zero-order valence-corrected chi connectivity index (χ0v) is 30.8. The lowest BCUT2D eigenvalue weighted by molar-refractivity contribution is -0.832. The number of aliphatic hydroxyl groups is 2. The van der Waals surface area contributed by atoms with Gasteiger partial charge in [-0.25, -0.2) is 13.2 Å². The van der Waals surface area contributed by atoms with Crippen molar-refractivity contribution in [3.05, 3.63) is 35.5 Å². The maximum Gasteiger partial charge on any atom is 0.415 e. The first-order valence-electron chi connectivity index (χ1n) is 18.5. The minimum absolute atomic E-state index is 0.112. The Morgan fingerprint density at radius 2 is 1.75 bits per heavy atom. The van der Waals surface area contributed by atoms with E-state index in [0.717, 1.165) is 51.4 Å². The lowest BCUT2D eigenvalue weighted by Crippen LogP contribution is -2.58. The highest BCUT2D eigenvalue weighted by Crippen LogP contribution is 2.68. The summed E-state index contributed by atoms with van der Waals surface area (Å²) < 4.78 is 40.8. The molecule has 1 aromatic heterocycles. The fraction of sp³-hybridized carbons (Fsp3) is 0.730. The Labute approximate surface area is 299 Å². The number of fused-ring (bicyclic) bond motifs is 5. The Bertz CT molecular complexity index is 1670. The van der Waals surface area contributed by atoms with Crippen molar-refractivity contribution in [1.29, 1.82) is 0 Å². The molecule has 1 amide bonds. The van der Waals surface area contributed by atoms with Gasteiger partial charge in [-0.2, -0.15) is 0 Å². The van der Waals surface area contributed by atoms with Crippen LogP contribution in [-0.4, -0.2) is 67.1 Å². The fourth-order valence-corrected chi connectivity index (χ4v) is 12.0. The third-order valence-corrected chi connectivity index (χ3v) is 15.1. The van der Waals surface area contributed by atoms with Crippen molar-refractivity contribution in [3.63, 3.8) is 0 Å². The number of benzene rings is 1. The van der Waals surface area contributed by atoms with Gasteiger partial charge in [0, 0.05) is 6.42 Å². The van der Waals surface area contributed by atoms with Crippen molar-refractivity contribution in [1.82, 2.24) is 10.5 Å². The van der Waals surface area contributed by atoms with Crippen LogP contribution < -0.4 is 15.0 Å². The fourth-order valence-electron chi connectivity index (χ4n) is 10.8. The minimum atomic E-state index is -4.28. The number of sulfone groups is 1. The van der Waals surface area contributed by atoms with Gasteiger partial charge in [-0.3, -0.25) is 9.42 Å². The number of ether oxygens (including phenoxy) is 2. The molecular weight excluding hydrogens is 678 g/mol. The molecule has 4 aliphatic carbocycles. The number of esters is 1. The molecule has 11 atom stereocenters. The van der Waals surface area contributed by atoms with E-state index in [1.807, 2.05) is 0 Å². The first-order valence-corrected chi connectivity index (χ1v) is 20.0. The Hall–Kier alpha value is -3.23. The van der Waals surface area contributed by atoms with Crippen LogP contribution in [0.3, 0.4) is 0 Å². The molecule has 1 heterocycles. The summed E-state index contributed by atoms with van der Waals surface area (Å²) in [7, 11) is -4.28. The number of aliphatic hydroxyl groups excluding tert-OH is 2. The summed E-state index contributed by atoms with van der Waals surface area (Å²) in [6.07, 6.45) is 8.32. The first-order chi connectivity index (χ1) is 24.2. The lowest BCUT2D eigenvalue weighted by Gasteiger charge is -2.62. The third kappa shape index (κ3) is 7.12. The molecular formula is C37H53N3O10S. The van der Waals surface area contributed by atoms with Gasteiger partial charge in [-0.1, -0.05) is 39.0 Å². The largest absolute Gasteiger partial charge is 0.461 e. The van der Waals surface area contributed by atoms with E-state index in [1.165, 1.54) is 31.2 Å². The van der Waals surface area contributed by atoms with Crippen LogP contribution >= 0.6 is 0 Å². The van der Waals surface area contributed by atoms with Gasteiger partial charge in [0.1, 0.15) is 19.3 Å². The van der Waals surface area contributed by atoms with E-state index in [-0.39, 0.29) is 58.4 Å². The van der Waals surface area contributed by atoms with Gasteiger partial charge in [0.2, 0.25) is 5.91 Å². The van der Waals surface area contributed by atoms with Crippen LogP contribution in [0.15, 0.2) is 44.9 Å². The summed E-state index contributed by atoms with van der Waals surface area (Å²) >= 11 is 0. The van der Waals surface area contributed by atoms with E-state index in [2.05, 4.69) is 35.9 Å². The van der Waals surface area contributed by atoms with Gasteiger partial charge in [-0.05, 0) is 128 Å². The molecule has 0 radical (unpaired) electrons. The molecule has 3 N–H and O–H groups in total. The molecule has 1 aromatic carbocycles.